The minimum absolute atomic E-state index is 0.0436. The number of thioether (sulfide) groups is 1. The highest BCUT2D eigenvalue weighted by Crippen LogP contribution is 2.22. The van der Waals surface area contributed by atoms with E-state index in [2.05, 4.69) is 4.99 Å². The van der Waals surface area contributed by atoms with Crippen LogP contribution in [-0.4, -0.2) is 31.0 Å². The second-order valence-electron chi connectivity index (χ2n) is 4.07. The Labute approximate surface area is 125 Å². The van der Waals surface area contributed by atoms with Crippen molar-refractivity contribution >= 4 is 46.5 Å². The Bertz CT molecular complexity index is 638. The zero-order valence-electron chi connectivity index (χ0n) is 11.4. The number of carboxylic acid groups (broad SMARTS) is 1. The summed E-state index contributed by atoms with van der Waals surface area (Å²) in [5.41, 5.74) is 5.82. The van der Waals surface area contributed by atoms with E-state index in [4.69, 9.17) is 23.1 Å². The fourth-order valence-electron chi connectivity index (χ4n) is 1.46. The highest BCUT2D eigenvalue weighted by atomic mass is 32.2. The second-order valence-corrected chi connectivity index (χ2v) is 5.74. The first kappa shape index (κ1) is 16.4. The van der Waals surface area contributed by atoms with Crippen LogP contribution in [0.25, 0.3) is 0 Å². The first-order valence-corrected chi connectivity index (χ1v) is 7.10. The minimum atomic E-state index is -0.864. The molecule has 1 aromatic heterocycles. The summed E-state index contributed by atoms with van der Waals surface area (Å²) in [5, 5.41) is 9.19. The first-order chi connectivity index (χ1) is 9.25. The molecule has 110 valence electrons. The van der Waals surface area contributed by atoms with E-state index < -0.39 is 5.97 Å². The molecule has 0 saturated heterocycles. The molecule has 7 nitrogen and oxygen atoms in total. The molecule has 9 heteroatoms. The molecule has 0 amide bonds. The molecule has 0 spiro atoms. The van der Waals surface area contributed by atoms with Crippen LogP contribution in [0.5, 0.6) is 0 Å². The van der Waals surface area contributed by atoms with Crippen molar-refractivity contribution in [1.82, 2.24) is 9.13 Å². The van der Waals surface area contributed by atoms with E-state index >= 15 is 0 Å². The fraction of sp³-hybridized carbons (Fsp3) is 0.455. The summed E-state index contributed by atoms with van der Waals surface area (Å²) in [4.78, 5) is 26.6. The van der Waals surface area contributed by atoms with Crippen molar-refractivity contribution in [2.75, 3.05) is 11.5 Å². The third-order valence-electron chi connectivity index (χ3n) is 2.56. The number of anilines is 1. The molecule has 0 radical (unpaired) electrons. The number of carboxylic acids is 1. The molecule has 0 saturated carbocycles. The maximum Gasteiger partial charge on any atom is 0.330 e. The van der Waals surface area contributed by atoms with Crippen LogP contribution in [-0.2, 0) is 18.9 Å². The zero-order valence-corrected chi connectivity index (χ0v) is 13.0. The highest BCUT2D eigenvalue weighted by Gasteiger charge is 2.10. The van der Waals surface area contributed by atoms with Gasteiger partial charge in [0.2, 0.25) is 0 Å². The summed E-state index contributed by atoms with van der Waals surface area (Å²) in [7, 11) is 3.10. The number of hydrogen-bond donors (Lipinski definition) is 2. The lowest BCUT2D eigenvalue weighted by atomic mass is 10.4. The molecule has 1 heterocycles. The van der Waals surface area contributed by atoms with Gasteiger partial charge in [0, 0.05) is 19.8 Å². The van der Waals surface area contributed by atoms with Gasteiger partial charge in [-0.1, -0.05) is 12.2 Å². The van der Waals surface area contributed by atoms with Gasteiger partial charge in [-0.3, -0.25) is 13.9 Å². The molecule has 0 aliphatic heterocycles. The van der Waals surface area contributed by atoms with Gasteiger partial charge in [0.05, 0.1) is 11.5 Å². The Morgan fingerprint density at radius 1 is 1.45 bits per heavy atom. The van der Waals surface area contributed by atoms with E-state index in [0.717, 1.165) is 0 Å². The molecule has 0 bridgehead atoms. The van der Waals surface area contributed by atoms with Crippen molar-refractivity contribution in [2.24, 2.45) is 19.1 Å². The van der Waals surface area contributed by atoms with E-state index in [9.17, 15) is 9.59 Å². The molecular weight excluding hydrogens is 300 g/mol. The molecule has 0 fully saturated rings. The molecule has 20 heavy (non-hydrogen) atoms. The van der Waals surface area contributed by atoms with Crippen LogP contribution in [0, 0.1) is 4.64 Å². The van der Waals surface area contributed by atoms with E-state index in [1.165, 1.54) is 20.9 Å². The molecule has 1 aromatic rings. The molecule has 0 aromatic carbocycles. The SMILES string of the molecule is C/C(=N\c1c(N)c(=S)n(C)c(=O)n1C)SCCC(=O)O. The number of aromatic nitrogens is 2. The standard InChI is InChI=1S/C11H16N4O3S2/c1-6(20-5-4-7(16)17)13-9-8(12)10(19)15(3)11(18)14(9)2/h4-5,12H2,1-3H3,(H,16,17)/b13-6+. The summed E-state index contributed by atoms with van der Waals surface area (Å²) in [5.74, 6) is -0.171. The monoisotopic (exact) mass is 316 g/mol. The molecule has 0 aliphatic rings. The van der Waals surface area contributed by atoms with E-state index in [1.54, 1.807) is 21.0 Å². The van der Waals surface area contributed by atoms with Crippen molar-refractivity contribution in [3.8, 4) is 0 Å². The van der Waals surface area contributed by atoms with Crippen molar-refractivity contribution < 1.29 is 9.90 Å². The van der Waals surface area contributed by atoms with Crippen LogP contribution in [0.4, 0.5) is 11.5 Å². The molecule has 0 unspecified atom stereocenters. The Balaban J connectivity index is 3.12. The van der Waals surface area contributed by atoms with Gasteiger partial charge in [-0.2, -0.15) is 0 Å². The van der Waals surface area contributed by atoms with Crippen molar-refractivity contribution in [1.29, 1.82) is 0 Å². The van der Waals surface area contributed by atoms with Crippen molar-refractivity contribution in [2.45, 2.75) is 13.3 Å². The maximum atomic E-state index is 11.9. The number of aliphatic imine (C=N–C) groups is 1. The third-order valence-corrected chi connectivity index (χ3v) is 3.97. The van der Waals surface area contributed by atoms with Gasteiger partial charge in [0.25, 0.3) is 0 Å². The number of hydrogen-bond acceptors (Lipinski definition) is 6. The highest BCUT2D eigenvalue weighted by molar-refractivity contribution is 8.13. The largest absolute Gasteiger partial charge is 0.481 e. The van der Waals surface area contributed by atoms with Gasteiger partial charge in [0.15, 0.2) is 5.82 Å². The normalized spacial score (nSPS) is 11.7. The van der Waals surface area contributed by atoms with Crippen LogP contribution >= 0.6 is 24.0 Å². The lowest BCUT2D eigenvalue weighted by molar-refractivity contribution is -0.136. The topological polar surface area (TPSA) is 103 Å². The molecule has 0 aliphatic carbocycles. The summed E-state index contributed by atoms with van der Waals surface area (Å²) in [6.45, 7) is 1.73. The Morgan fingerprint density at radius 2 is 2.05 bits per heavy atom. The van der Waals surface area contributed by atoms with E-state index in [0.29, 0.717) is 16.6 Å². The smallest absolute Gasteiger partial charge is 0.330 e. The second kappa shape index (κ2) is 6.71. The number of nitrogen functional groups attached to an aromatic ring is 1. The van der Waals surface area contributed by atoms with Gasteiger partial charge in [0.1, 0.15) is 10.3 Å². The molecule has 1 rings (SSSR count). The van der Waals surface area contributed by atoms with Crippen LogP contribution in [0.2, 0.25) is 0 Å². The Kier molecular flexibility index (Phi) is 5.52. The number of carbonyl (C=O) groups is 1. The predicted octanol–water partition coefficient (Wildman–Crippen LogP) is 1.29. The summed E-state index contributed by atoms with van der Waals surface area (Å²) < 4.78 is 2.82. The third kappa shape index (κ3) is 3.70. The van der Waals surface area contributed by atoms with Gasteiger partial charge in [-0.15, -0.1) is 11.8 Å². The average Bonchev–Trinajstić information content (AvgIpc) is 2.39. The van der Waals surface area contributed by atoms with Gasteiger partial charge in [-0.05, 0) is 6.92 Å². The van der Waals surface area contributed by atoms with Gasteiger partial charge in [-0.25, -0.2) is 9.79 Å². The van der Waals surface area contributed by atoms with Crippen LogP contribution < -0.4 is 11.4 Å². The number of rotatable bonds is 4. The number of nitrogens with zero attached hydrogens (tertiary/aromatic N) is 3. The summed E-state index contributed by atoms with van der Waals surface area (Å²) in [6.07, 6.45) is 0.0436. The van der Waals surface area contributed by atoms with Crippen molar-refractivity contribution in [3.05, 3.63) is 15.1 Å². The Morgan fingerprint density at radius 3 is 2.60 bits per heavy atom. The van der Waals surface area contributed by atoms with Crippen LogP contribution in [0.15, 0.2) is 9.79 Å². The minimum Gasteiger partial charge on any atom is -0.481 e. The number of aliphatic carboxylic acids is 1. The van der Waals surface area contributed by atoms with Crippen molar-refractivity contribution in [3.63, 3.8) is 0 Å². The zero-order chi connectivity index (χ0) is 15.4. The van der Waals surface area contributed by atoms with Crippen LogP contribution in [0.3, 0.4) is 0 Å². The summed E-state index contributed by atoms with van der Waals surface area (Å²) >= 11 is 6.36. The average molecular weight is 316 g/mol. The number of nitrogens with two attached hydrogens (primary N) is 1. The maximum absolute atomic E-state index is 11.9. The predicted molar refractivity (Wildman–Crippen MR) is 83.4 cm³/mol. The molecule has 3 N–H and O–H groups in total. The summed E-state index contributed by atoms with van der Waals surface area (Å²) in [6, 6.07) is 0. The molecular formula is C11H16N4O3S2. The lowest BCUT2D eigenvalue weighted by Crippen LogP contribution is -2.28. The van der Waals surface area contributed by atoms with E-state index in [1.807, 2.05) is 0 Å². The van der Waals surface area contributed by atoms with Crippen LogP contribution in [0.1, 0.15) is 13.3 Å². The Hall–Kier alpha value is -1.61. The molecule has 0 atom stereocenters. The van der Waals surface area contributed by atoms with Gasteiger partial charge < -0.3 is 10.8 Å². The quantitative estimate of drug-likeness (QED) is 0.493. The van der Waals surface area contributed by atoms with E-state index in [-0.39, 0.29) is 22.4 Å². The lowest BCUT2D eigenvalue weighted by Gasteiger charge is -2.11. The fourth-order valence-corrected chi connectivity index (χ4v) is 2.35. The van der Waals surface area contributed by atoms with Gasteiger partial charge >= 0.3 is 11.7 Å². The first-order valence-electron chi connectivity index (χ1n) is 5.71.